The van der Waals surface area contributed by atoms with Crippen molar-refractivity contribution in [2.75, 3.05) is 20.1 Å². The van der Waals surface area contributed by atoms with Crippen molar-refractivity contribution in [3.63, 3.8) is 0 Å². The lowest BCUT2D eigenvalue weighted by Gasteiger charge is -1.95. The summed E-state index contributed by atoms with van der Waals surface area (Å²) >= 11 is 5.18. The van der Waals surface area contributed by atoms with Crippen LogP contribution in [-0.4, -0.2) is 48.7 Å². The number of carbonyl (C=O) groups is 4. The first-order valence-electron chi connectivity index (χ1n) is 11.1. The number of ether oxygens (including phenoxy) is 2. The molecule has 0 saturated heterocycles. The van der Waals surface area contributed by atoms with Crippen molar-refractivity contribution >= 4 is 35.2 Å². The van der Waals surface area contributed by atoms with Crippen molar-refractivity contribution in [3.8, 4) is 11.5 Å². The van der Waals surface area contributed by atoms with E-state index in [-0.39, 0.29) is 54.5 Å². The summed E-state index contributed by atoms with van der Waals surface area (Å²) in [7, 11) is 2.63. The molecule has 1 amide bonds. The predicted molar refractivity (Wildman–Crippen MR) is 134 cm³/mol. The first-order chi connectivity index (χ1) is 18.1. The van der Waals surface area contributed by atoms with Crippen molar-refractivity contribution in [1.82, 2.24) is 4.98 Å². The number of aryl methyl sites for hydroxylation is 1. The Kier molecular flexibility index (Phi) is 14.6. The van der Waals surface area contributed by atoms with E-state index in [0.717, 1.165) is 0 Å². The van der Waals surface area contributed by atoms with Crippen molar-refractivity contribution in [2.45, 2.75) is 25.7 Å². The van der Waals surface area contributed by atoms with Gasteiger partial charge in [-0.2, -0.15) is 0 Å². The number of nitrogens with zero attached hydrogens (tertiary/aromatic N) is 1. The van der Waals surface area contributed by atoms with Gasteiger partial charge in [-0.15, -0.1) is 11.6 Å². The molecule has 0 atom stereocenters. The number of alkyl halides is 1. The highest BCUT2D eigenvalue weighted by Crippen LogP contribution is 2.19. The lowest BCUT2D eigenvalue weighted by molar-refractivity contribution is -0.142. The quantitative estimate of drug-likeness (QED) is 0.307. The van der Waals surface area contributed by atoms with Gasteiger partial charge >= 0.3 is 11.9 Å². The molecule has 1 heterocycles. The molecule has 0 aliphatic rings. The lowest BCUT2D eigenvalue weighted by Crippen LogP contribution is -2.10. The number of methoxy groups -OCH3 is 2. The number of halogens is 3. The van der Waals surface area contributed by atoms with Crippen LogP contribution in [0.2, 0.25) is 0 Å². The molecule has 204 valence electrons. The van der Waals surface area contributed by atoms with Gasteiger partial charge in [0.2, 0.25) is 11.8 Å². The van der Waals surface area contributed by atoms with Gasteiger partial charge in [0.05, 0.1) is 38.6 Å². The van der Waals surface area contributed by atoms with Crippen molar-refractivity contribution in [1.29, 1.82) is 0 Å². The first-order valence-corrected chi connectivity index (χ1v) is 11.6. The van der Waals surface area contributed by atoms with Crippen molar-refractivity contribution < 1.29 is 41.8 Å². The number of nitrogens with two attached hydrogens (primary N) is 1. The predicted octanol–water partition coefficient (Wildman–Crippen LogP) is 4.26. The van der Waals surface area contributed by atoms with Crippen LogP contribution in [0.15, 0.2) is 59.2 Å². The third kappa shape index (κ3) is 12.7. The average molecular weight is 553 g/mol. The molecule has 9 nitrogen and oxygen atoms in total. The van der Waals surface area contributed by atoms with Crippen molar-refractivity contribution in [2.24, 2.45) is 5.73 Å². The van der Waals surface area contributed by atoms with Crippen LogP contribution in [-0.2, 0) is 30.3 Å². The molecule has 3 rings (SSSR count). The van der Waals surface area contributed by atoms with Gasteiger partial charge in [0.25, 0.3) is 0 Å². The molecule has 0 unspecified atom stereocenters. The Bertz CT molecular complexity index is 1170. The zero-order chi connectivity index (χ0) is 28.5. The standard InChI is InChI=1S/C13H12FNO3.C7H6FNO.C6H9ClO3/c1-17-12(16)7-6-11-8-18-13(15-11)9-2-4-10(14)5-3-9;8-6-3-1-5(2-4-6)7(9)10;1-10-6(9)3-2-5(8)4-7/h2-5,8H,6-7H2,1H3;1-4H,(H2,9,10);2-4H2,1H3. The summed E-state index contributed by atoms with van der Waals surface area (Å²) in [5, 5.41) is 0. The largest absolute Gasteiger partial charge is 0.469 e. The van der Waals surface area contributed by atoms with E-state index in [1.165, 1.54) is 56.9 Å². The van der Waals surface area contributed by atoms with Crippen LogP contribution < -0.4 is 5.73 Å². The number of carbonyl (C=O) groups excluding carboxylic acids is 4. The molecule has 0 radical (unpaired) electrons. The van der Waals surface area contributed by atoms with Gasteiger partial charge in [0.1, 0.15) is 23.7 Å². The summed E-state index contributed by atoms with van der Waals surface area (Å²) in [6.07, 6.45) is 2.50. The minimum absolute atomic E-state index is 0.0308. The number of hydrogen-bond acceptors (Lipinski definition) is 8. The third-order valence-corrected chi connectivity index (χ3v) is 4.87. The molecule has 0 fully saturated rings. The summed E-state index contributed by atoms with van der Waals surface area (Å²) in [6, 6.07) is 10.9. The average Bonchev–Trinajstić information content (AvgIpc) is 3.40. The minimum Gasteiger partial charge on any atom is -0.469 e. The Balaban J connectivity index is 0.000000309. The monoisotopic (exact) mass is 552 g/mol. The highest BCUT2D eigenvalue weighted by atomic mass is 35.5. The summed E-state index contributed by atoms with van der Waals surface area (Å²) in [4.78, 5) is 46.5. The Labute approximate surface area is 222 Å². The number of rotatable bonds is 9. The Morgan fingerprint density at radius 3 is 1.89 bits per heavy atom. The highest BCUT2D eigenvalue weighted by Gasteiger charge is 2.09. The Morgan fingerprint density at radius 1 is 0.868 bits per heavy atom. The third-order valence-electron chi connectivity index (χ3n) is 4.57. The molecule has 1 aromatic heterocycles. The summed E-state index contributed by atoms with van der Waals surface area (Å²) in [5.41, 5.74) is 6.58. The molecule has 0 bridgehead atoms. The van der Waals surface area contributed by atoms with Gasteiger partial charge in [0.15, 0.2) is 0 Å². The second-order valence-corrected chi connectivity index (χ2v) is 7.61. The first kappa shape index (κ1) is 31.9. The van der Waals surface area contributed by atoms with Crippen LogP contribution in [0.4, 0.5) is 8.78 Å². The maximum atomic E-state index is 12.8. The van der Waals surface area contributed by atoms with E-state index in [1.54, 1.807) is 12.1 Å². The fourth-order valence-corrected chi connectivity index (χ4v) is 2.64. The van der Waals surface area contributed by atoms with Crippen LogP contribution in [0.3, 0.4) is 0 Å². The molecule has 38 heavy (non-hydrogen) atoms. The van der Waals surface area contributed by atoms with E-state index in [1.807, 2.05) is 0 Å². The van der Waals surface area contributed by atoms with E-state index in [4.69, 9.17) is 21.8 Å². The van der Waals surface area contributed by atoms with Gasteiger partial charge in [-0.05, 0) is 48.5 Å². The van der Waals surface area contributed by atoms with Crippen LogP contribution in [0, 0.1) is 11.6 Å². The zero-order valence-corrected chi connectivity index (χ0v) is 21.5. The summed E-state index contributed by atoms with van der Waals surface area (Å²) in [5.74, 6) is -1.64. The zero-order valence-electron chi connectivity index (χ0n) is 20.7. The van der Waals surface area contributed by atoms with Gasteiger partial charge in [-0.1, -0.05) is 0 Å². The Hall–Kier alpha value is -4.12. The van der Waals surface area contributed by atoms with Gasteiger partial charge in [-0.25, -0.2) is 13.8 Å². The van der Waals surface area contributed by atoms with Crippen LogP contribution in [0.5, 0.6) is 0 Å². The molecule has 2 aromatic carbocycles. The normalized spacial score (nSPS) is 9.71. The number of ketones is 1. The molecule has 3 aromatic rings. The molecule has 0 saturated carbocycles. The molecular weight excluding hydrogens is 526 g/mol. The summed E-state index contributed by atoms with van der Waals surface area (Å²) in [6.45, 7) is 0. The molecule has 12 heteroatoms. The number of amides is 1. The van der Waals surface area contributed by atoms with E-state index in [2.05, 4.69) is 14.5 Å². The number of primary amides is 1. The van der Waals surface area contributed by atoms with Crippen molar-refractivity contribution in [3.05, 3.63) is 77.7 Å². The Morgan fingerprint density at radius 2 is 1.39 bits per heavy atom. The van der Waals surface area contributed by atoms with Crippen LogP contribution in [0.1, 0.15) is 35.3 Å². The second-order valence-electron chi connectivity index (χ2n) is 7.35. The maximum Gasteiger partial charge on any atom is 0.305 e. The lowest BCUT2D eigenvalue weighted by atomic mass is 10.2. The van der Waals surface area contributed by atoms with Crippen LogP contribution in [0.25, 0.3) is 11.5 Å². The fraction of sp³-hybridized carbons (Fsp3) is 0.269. The highest BCUT2D eigenvalue weighted by molar-refractivity contribution is 6.27. The molecular formula is C26H27ClF2N2O7. The van der Waals surface area contributed by atoms with Gasteiger partial charge in [-0.3, -0.25) is 19.2 Å². The molecule has 0 aliphatic heterocycles. The molecule has 0 aliphatic carbocycles. The minimum atomic E-state index is -0.542. The van der Waals surface area contributed by atoms with E-state index in [9.17, 15) is 28.0 Å². The molecule has 0 spiro atoms. The van der Waals surface area contributed by atoms with E-state index < -0.39 is 5.91 Å². The number of Topliss-reactive ketones (excluding diaryl/α,β-unsaturated/α-hetero) is 1. The number of benzene rings is 2. The number of aromatic nitrogens is 1. The fourth-order valence-electron chi connectivity index (χ4n) is 2.50. The SMILES string of the molecule is COC(=O)CCC(=O)CCl.COC(=O)CCc1coc(-c2ccc(F)cc2)n1.NC(=O)c1ccc(F)cc1. The summed E-state index contributed by atoms with van der Waals surface area (Å²) < 4.78 is 39.1. The van der Waals surface area contributed by atoms with E-state index in [0.29, 0.717) is 29.1 Å². The maximum absolute atomic E-state index is 12.8. The number of hydrogen-bond donors (Lipinski definition) is 1. The number of oxazole rings is 1. The van der Waals surface area contributed by atoms with E-state index >= 15 is 0 Å². The van der Waals surface area contributed by atoms with Crippen LogP contribution >= 0.6 is 11.6 Å². The number of esters is 2. The van der Waals surface area contributed by atoms with Gasteiger partial charge in [0, 0.05) is 24.0 Å². The second kappa shape index (κ2) is 17.4. The topological polar surface area (TPSA) is 139 Å². The molecule has 2 N–H and O–H groups in total. The smallest absolute Gasteiger partial charge is 0.305 e. The van der Waals surface area contributed by atoms with Gasteiger partial charge < -0.3 is 19.6 Å².